The molecule has 0 radical (unpaired) electrons. The highest BCUT2D eigenvalue weighted by atomic mass is 35.5. The molecular weight excluding hydrogens is 358 g/mol. The number of ether oxygens (including phenoxy) is 1. The SMILES string of the molecule is CCc1ccc(C(O)(CC)C(CN2CCOCC2)c2ccccc2)cc1.Cl. The Bertz CT molecular complexity index is 671. The van der Waals surface area contributed by atoms with Gasteiger partial charge in [-0.2, -0.15) is 0 Å². The van der Waals surface area contributed by atoms with Crippen LogP contribution in [0.3, 0.4) is 0 Å². The number of morpholine rings is 1. The number of hydrogen-bond donors (Lipinski definition) is 1. The van der Waals surface area contributed by atoms with Gasteiger partial charge in [0.15, 0.2) is 0 Å². The standard InChI is InChI=1S/C23H31NO2.ClH/c1-3-19-10-12-21(13-11-19)23(25,4-2)22(20-8-6-5-7-9-20)18-24-14-16-26-17-15-24;/h5-13,22,25H,3-4,14-18H2,1-2H3;1H. The Balaban J connectivity index is 0.00000261. The van der Waals surface area contributed by atoms with Gasteiger partial charge in [-0.1, -0.05) is 68.4 Å². The Kier molecular flexibility index (Phi) is 8.30. The predicted molar refractivity (Wildman–Crippen MR) is 114 cm³/mol. The summed E-state index contributed by atoms with van der Waals surface area (Å²) in [5.41, 5.74) is 2.63. The summed E-state index contributed by atoms with van der Waals surface area (Å²) in [6.45, 7) is 8.49. The Labute approximate surface area is 169 Å². The normalized spacial score (nSPS) is 18.3. The van der Waals surface area contributed by atoms with E-state index in [1.165, 1.54) is 11.1 Å². The van der Waals surface area contributed by atoms with E-state index in [2.05, 4.69) is 67.3 Å². The number of benzene rings is 2. The zero-order valence-electron chi connectivity index (χ0n) is 16.4. The van der Waals surface area contributed by atoms with Crippen LogP contribution in [-0.4, -0.2) is 42.9 Å². The van der Waals surface area contributed by atoms with E-state index in [9.17, 15) is 5.11 Å². The number of rotatable bonds is 7. The van der Waals surface area contributed by atoms with Crippen molar-refractivity contribution in [1.29, 1.82) is 0 Å². The Morgan fingerprint density at radius 1 is 1.00 bits per heavy atom. The van der Waals surface area contributed by atoms with Crippen LogP contribution in [0.5, 0.6) is 0 Å². The van der Waals surface area contributed by atoms with Crippen LogP contribution in [0.2, 0.25) is 0 Å². The maximum absolute atomic E-state index is 11.8. The summed E-state index contributed by atoms with van der Waals surface area (Å²) in [4.78, 5) is 2.42. The highest BCUT2D eigenvalue weighted by molar-refractivity contribution is 5.85. The minimum absolute atomic E-state index is 0. The van der Waals surface area contributed by atoms with Crippen LogP contribution in [0.25, 0.3) is 0 Å². The van der Waals surface area contributed by atoms with Gasteiger partial charge in [0.05, 0.1) is 18.8 Å². The highest BCUT2D eigenvalue weighted by Gasteiger charge is 2.39. The molecule has 1 fully saturated rings. The average Bonchev–Trinajstić information content (AvgIpc) is 2.73. The molecule has 1 saturated heterocycles. The summed E-state index contributed by atoms with van der Waals surface area (Å²) in [7, 11) is 0. The summed E-state index contributed by atoms with van der Waals surface area (Å²) in [6.07, 6.45) is 1.70. The van der Waals surface area contributed by atoms with Gasteiger partial charge in [0.2, 0.25) is 0 Å². The van der Waals surface area contributed by atoms with Gasteiger partial charge in [-0.05, 0) is 29.5 Å². The number of halogens is 1. The van der Waals surface area contributed by atoms with Crippen molar-refractivity contribution in [2.45, 2.75) is 38.2 Å². The fourth-order valence-electron chi connectivity index (χ4n) is 3.94. The molecule has 0 spiro atoms. The predicted octanol–water partition coefficient (Wildman–Crippen LogP) is 4.38. The molecule has 3 rings (SSSR count). The van der Waals surface area contributed by atoms with E-state index < -0.39 is 5.60 Å². The first-order valence-corrected chi connectivity index (χ1v) is 9.84. The van der Waals surface area contributed by atoms with Crippen LogP contribution in [0.4, 0.5) is 0 Å². The maximum Gasteiger partial charge on any atom is 0.0974 e. The second-order valence-electron chi connectivity index (χ2n) is 7.20. The lowest BCUT2D eigenvalue weighted by molar-refractivity contribution is -0.0250. The molecule has 2 atom stereocenters. The van der Waals surface area contributed by atoms with Crippen molar-refractivity contribution in [1.82, 2.24) is 4.90 Å². The second-order valence-corrected chi connectivity index (χ2v) is 7.20. The Morgan fingerprint density at radius 3 is 2.19 bits per heavy atom. The first kappa shape index (κ1) is 21.9. The summed E-state index contributed by atoms with van der Waals surface area (Å²) < 4.78 is 5.50. The minimum atomic E-state index is -0.883. The topological polar surface area (TPSA) is 32.7 Å². The zero-order chi connectivity index (χ0) is 18.4. The monoisotopic (exact) mass is 389 g/mol. The van der Waals surface area contributed by atoms with Crippen molar-refractivity contribution in [2.24, 2.45) is 0 Å². The van der Waals surface area contributed by atoms with Crippen molar-refractivity contribution in [3.05, 3.63) is 71.3 Å². The quantitative estimate of drug-likeness (QED) is 0.762. The van der Waals surface area contributed by atoms with Gasteiger partial charge < -0.3 is 9.84 Å². The van der Waals surface area contributed by atoms with E-state index >= 15 is 0 Å². The van der Waals surface area contributed by atoms with Gasteiger partial charge >= 0.3 is 0 Å². The molecular formula is C23H32ClNO2. The molecule has 2 aromatic rings. The third-order valence-corrected chi connectivity index (χ3v) is 5.72. The van der Waals surface area contributed by atoms with Crippen LogP contribution < -0.4 is 0 Å². The Hall–Kier alpha value is -1.39. The van der Waals surface area contributed by atoms with Gasteiger partial charge in [0, 0.05) is 25.6 Å². The number of aliphatic hydroxyl groups is 1. The van der Waals surface area contributed by atoms with E-state index in [1.807, 2.05) is 6.07 Å². The van der Waals surface area contributed by atoms with Crippen LogP contribution in [-0.2, 0) is 16.8 Å². The van der Waals surface area contributed by atoms with Crippen molar-refractivity contribution in [3.8, 4) is 0 Å². The molecule has 2 aromatic carbocycles. The van der Waals surface area contributed by atoms with Crippen molar-refractivity contribution in [3.63, 3.8) is 0 Å². The van der Waals surface area contributed by atoms with Crippen molar-refractivity contribution >= 4 is 12.4 Å². The molecule has 3 nitrogen and oxygen atoms in total. The van der Waals surface area contributed by atoms with Gasteiger partial charge in [-0.3, -0.25) is 4.90 Å². The lowest BCUT2D eigenvalue weighted by atomic mass is 9.75. The average molecular weight is 390 g/mol. The van der Waals surface area contributed by atoms with Crippen LogP contribution in [0.1, 0.15) is 42.9 Å². The molecule has 1 N–H and O–H groups in total. The fourth-order valence-corrected chi connectivity index (χ4v) is 3.94. The van der Waals surface area contributed by atoms with Gasteiger partial charge in [-0.15, -0.1) is 12.4 Å². The van der Waals surface area contributed by atoms with Crippen LogP contribution >= 0.6 is 12.4 Å². The molecule has 27 heavy (non-hydrogen) atoms. The van der Waals surface area contributed by atoms with Gasteiger partial charge in [0.1, 0.15) is 0 Å². The first-order valence-electron chi connectivity index (χ1n) is 9.84. The fraction of sp³-hybridized carbons (Fsp3) is 0.478. The number of hydrogen-bond acceptors (Lipinski definition) is 3. The largest absolute Gasteiger partial charge is 0.384 e. The van der Waals surface area contributed by atoms with Gasteiger partial charge in [-0.25, -0.2) is 0 Å². The van der Waals surface area contributed by atoms with Crippen LogP contribution in [0, 0.1) is 0 Å². The molecule has 1 heterocycles. The lowest BCUT2D eigenvalue weighted by Crippen LogP contribution is -2.44. The molecule has 2 unspecified atom stereocenters. The Morgan fingerprint density at radius 2 is 1.63 bits per heavy atom. The van der Waals surface area contributed by atoms with E-state index in [0.29, 0.717) is 6.42 Å². The molecule has 1 aliphatic rings. The first-order chi connectivity index (χ1) is 12.7. The molecule has 0 saturated carbocycles. The molecule has 0 aromatic heterocycles. The molecule has 148 valence electrons. The molecule has 0 bridgehead atoms. The molecule has 4 heteroatoms. The van der Waals surface area contributed by atoms with Crippen molar-refractivity contribution in [2.75, 3.05) is 32.8 Å². The number of nitrogens with zero attached hydrogens (tertiary/aromatic N) is 1. The summed E-state index contributed by atoms with van der Waals surface area (Å²) in [5, 5.41) is 11.8. The smallest absolute Gasteiger partial charge is 0.0974 e. The van der Waals surface area contributed by atoms with Crippen LogP contribution in [0.15, 0.2) is 54.6 Å². The number of aryl methyl sites for hydroxylation is 1. The highest BCUT2D eigenvalue weighted by Crippen LogP contribution is 2.40. The van der Waals surface area contributed by atoms with Crippen molar-refractivity contribution < 1.29 is 9.84 Å². The van der Waals surface area contributed by atoms with E-state index in [0.717, 1.165) is 44.8 Å². The molecule has 0 amide bonds. The molecule has 0 aliphatic carbocycles. The summed E-state index contributed by atoms with van der Waals surface area (Å²) in [6, 6.07) is 19.0. The van der Waals surface area contributed by atoms with E-state index in [-0.39, 0.29) is 18.3 Å². The minimum Gasteiger partial charge on any atom is -0.384 e. The third-order valence-electron chi connectivity index (χ3n) is 5.72. The lowest BCUT2D eigenvalue weighted by Gasteiger charge is -2.40. The maximum atomic E-state index is 11.8. The molecule has 1 aliphatic heterocycles. The van der Waals surface area contributed by atoms with E-state index in [4.69, 9.17) is 4.74 Å². The van der Waals surface area contributed by atoms with E-state index in [1.54, 1.807) is 0 Å². The summed E-state index contributed by atoms with van der Waals surface area (Å²) >= 11 is 0. The third kappa shape index (κ3) is 5.11. The summed E-state index contributed by atoms with van der Waals surface area (Å²) in [5.74, 6) is 0.0271. The zero-order valence-corrected chi connectivity index (χ0v) is 17.3. The second kappa shape index (κ2) is 10.2. The van der Waals surface area contributed by atoms with Gasteiger partial charge in [0.25, 0.3) is 0 Å².